The second-order valence-corrected chi connectivity index (χ2v) is 18.5. The lowest BCUT2D eigenvalue weighted by atomic mass is 9.59. The Morgan fingerprint density at radius 1 is 0.823 bits per heavy atom. The summed E-state index contributed by atoms with van der Waals surface area (Å²) in [4.78, 5) is 34.1. The molecule has 4 aromatic carbocycles. The summed E-state index contributed by atoms with van der Waals surface area (Å²) >= 11 is 0. The number of benzene rings is 4. The molecule has 0 aromatic heterocycles. The Labute approximate surface area is 373 Å². The van der Waals surface area contributed by atoms with Crippen molar-refractivity contribution >= 4 is 17.6 Å². The average molecular weight is 843 g/mol. The monoisotopic (exact) mass is 843 g/mol. The third-order valence-electron chi connectivity index (χ3n) is 14.5. The highest BCUT2D eigenvalue weighted by atomic mass is 16.5. The molecule has 3 aliphatic heterocycles. The number of esters is 1. The van der Waals surface area contributed by atoms with Crippen LogP contribution < -0.4 is 4.90 Å². The number of likely N-dealkylation sites (tertiary alicyclic amines) is 3. The summed E-state index contributed by atoms with van der Waals surface area (Å²) in [6.07, 6.45) is 9.58. The Balaban J connectivity index is 0.000000157. The van der Waals surface area contributed by atoms with Crippen LogP contribution >= 0.6 is 0 Å². The third kappa shape index (κ3) is 11.4. The maximum atomic E-state index is 12.4. The van der Waals surface area contributed by atoms with Crippen LogP contribution in [0.5, 0.6) is 5.75 Å². The Kier molecular flexibility index (Phi) is 16.8. The van der Waals surface area contributed by atoms with Gasteiger partial charge in [0.25, 0.3) is 0 Å². The van der Waals surface area contributed by atoms with E-state index < -0.39 is 5.41 Å². The summed E-state index contributed by atoms with van der Waals surface area (Å²) in [6, 6.07) is 37.8. The van der Waals surface area contributed by atoms with Crippen molar-refractivity contribution in [1.82, 2.24) is 14.7 Å². The van der Waals surface area contributed by atoms with Crippen LogP contribution in [0, 0.1) is 5.92 Å². The highest BCUT2D eigenvalue weighted by molar-refractivity contribution is 5.93. The van der Waals surface area contributed by atoms with Gasteiger partial charge in [0.15, 0.2) is 0 Å². The van der Waals surface area contributed by atoms with E-state index in [2.05, 4.69) is 78.9 Å². The van der Waals surface area contributed by atoms with Crippen molar-refractivity contribution in [3.63, 3.8) is 0 Å². The molecule has 4 aliphatic rings. The van der Waals surface area contributed by atoms with Crippen LogP contribution in [0.25, 0.3) is 0 Å². The molecule has 0 saturated carbocycles. The van der Waals surface area contributed by atoms with E-state index in [1.807, 2.05) is 91.5 Å². The highest BCUT2D eigenvalue weighted by Crippen LogP contribution is 2.49. The molecule has 8 nitrogen and oxygen atoms in total. The fraction of sp³-hybridized carbons (Fsp3) is 0.519. The molecule has 3 heterocycles. The van der Waals surface area contributed by atoms with Crippen LogP contribution in [0.4, 0.5) is 5.69 Å². The van der Waals surface area contributed by atoms with Gasteiger partial charge in [0.05, 0.1) is 12.0 Å². The van der Waals surface area contributed by atoms with Crippen molar-refractivity contribution in [2.45, 2.75) is 115 Å². The van der Waals surface area contributed by atoms with Gasteiger partial charge in [-0.25, -0.2) is 0 Å². The van der Waals surface area contributed by atoms with E-state index in [0.29, 0.717) is 30.7 Å². The van der Waals surface area contributed by atoms with E-state index in [9.17, 15) is 14.7 Å². The second-order valence-electron chi connectivity index (χ2n) is 18.5. The largest absolute Gasteiger partial charge is 0.508 e. The molecule has 0 spiro atoms. The molecular weight excluding hydrogens is 769 g/mol. The third-order valence-corrected chi connectivity index (χ3v) is 14.5. The van der Waals surface area contributed by atoms with Crippen LogP contribution in [0.3, 0.4) is 0 Å². The van der Waals surface area contributed by atoms with Gasteiger partial charge in [-0.15, -0.1) is 0 Å². The number of amides is 1. The van der Waals surface area contributed by atoms with Gasteiger partial charge >= 0.3 is 5.97 Å². The number of ether oxygens (including phenoxy) is 1. The van der Waals surface area contributed by atoms with E-state index in [1.165, 1.54) is 55.5 Å². The summed E-state index contributed by atoms with van der Waals surface area (Å²) in [5.74, 6) is 1.17. The molecule has 2 bridgehead atoms. The van der Waals surface area contributed by atoms with Gasteiger partial charge in [0, 0.05) is 37.3 Å². The lowest BCUT2D eigenvalue weighted by Crippen LogP contribution is -2.58. The van der Waals surface area contributed by atoms with Crippen LogP contribution in [0.2, 0.25) is 0 Å². The smallest absolute Gasteiger partial charge is 0.316 e. The number of anilines is 1. The van der Waals surface area contributed by atoms with Gasteiger partial charge < -0.3 is 24.5 Å². The first-order valence-electron chi connectivity index (χ1n) is 23.6. The summed E-state index contributed by atoms with van der Waals surface area (Å²) < 4.78 is 5.32. The molecule has 8 rings (SSSR count). The number of carbonyl (C=O) groups excluding carboxylic acids is 2. The number of phenols is 1. The summed E-state index contributed by atoms with van der Waals surface area (Å²) in [5.41, 5.74) is 6.11. The zero-order valence-corrected chi connectivity index (χ0v) is 38.6. The minimum atomic E-state index is -0.441. The number of rotatable bonds is 11. The van der Waals surface area contributed by atoms with Crippen LogP contribution in [0.1, 0.15) is 102 Å². The fourth-order valence-electron chi connectivity index (χ4n) is 10.5. The van der Waals surface area contributed by atoms with E-state index >= 15 is 0 Å². The number of carbonyl (C=O) groups is 2. The SMILES string of the molecule is CC1C2Cc3ccc(O)cc3C1(C)CCN2CCc1ccccc1.CCC(=O)N(c1ccccc1)[C@H](C)CN1CCCCC1.CCOC(=O)C1(c2ccccc2)CCN(C)CC1. The predicted octanol–water partition coefficient (Wildman–Crippen LogP) is 9.68. The second kappa shape index (κ2) is 22.2. The number of hydrogen-bond acceptors (Lipinski definition) is 7. The first kappa shape index (κ1) is 47.0. The van der Waals surface area contributed by atoms with Crippen molar-refractivity contribution in [1.29, 1.82) is 0 Å². The first-order chi connectivity index (χ1) is 30.0. The summed E-state index contributed by atoms with van der Waals surface area (Å²) in [5, 5.41) is 9.94. The maximum Gasteiger partial charge on any atom is 0.316 e. The molecule has 1 amide bonds. The number of fused-ring (bicyclic) bond motifs is 4. The molecule has 334 valence electrons. The molecule has 0 radical (unpaired) electrons. The normalized spacial score (nSPS) is 22.7. The first-order valence-corrected chi connectivity index (χ1v) is 23.6. The maximum absolute atomic E-state index is 12.4. The fourth-order valence-corrected chi connectivity index (χ4v) is 10.5. The molecule has 4 atom stereocenters. The van der Waals surface area contributed by atoms with Gasteiger partial charge in [0.1, 0.15) is 5.75 Å². The highest BCUT2D eigenvalue weighted by Gasteiger charge is 2.48. The number of phenolic OH excluding ortho intramolecular Hbond substituents is 1. The zero-order valence-electron chi connectivity index (χ0n) is 38.6. The van der Waals surface area contributed by atoms with Gasteiger partial charge in [-0.05, 0) is 156 Å². The molecule has 1 aliphatic carbocycles. The van der Waals surface area contributed by atoms with E-state index in [0.717, 1.165) is 69.7 Å². The minimum absolute atomic E-state index is 0.0655. The number of para-hydroxylation sites is 1. The van der Waals surface area contributed by atoms with Crippen molar-refractivity contribution in [3.05, 3.63) is 131 Å². The Bertz CT molecular complexity index is 1980. The summed E-state index contributed by atoms with van der Waals surface area (Å²) in [6.45, 7) is 18.7. The van der Waals surface area contributed by atoms with Gasteiger partial charge in [-0.2, -0.15) is 0 Å². The Hall–Kier alpha value is -4.50. The lowest BCUT2D eigenvalue weighted by Gasteiger charge is -2.54. The molecule has 3 fully saturated rings. The topological polar surface area (TPSA) is 76.6 Å². The van der Waals surface area contributed by atoms with Crippen LogP contribution in [0.15, 0.2) is 109 Å². The van der Waals surface area contributed by atoms with Crippen molar-refractivity contribution in [2.24, 2.45) is 5.92 Å². The molecule has 1 N–H and O–H groups in total. The van der Waals surface area contributed by atoms with Crippen molar-refractivity contribution < 1.29 is 19.4 Å². The van der Waals surface area contributed by atoms with E-state index in [1.54, 1.807) is 0 Å². The van der Waals surface area contributed by atoms with E-state index in [-0.39, 0.29) is 23.3 Å². The zero-order chi connectivity index (χ0) is 44.1. The quantitative estimate of drug-likeness (QED) is 0.151. The van der Waals surface area contributed by atoms with E-state index in [4.69, 9.17) is 4.74 Å². The number of piperidine rings is 3. The minimum Gasteiger partial charge on any atom is -0.508 e. The Morgan fingerprint density at radius 2 is 1.45 bits per heavy atom. The molecule has 62 heavy (non-hydrogen) atoms. The summed E-state index contributed by atoms with van der Waals surface area (Å²) in [7, 11) is 2.10. The lowest BCUT2D eigenvalue weighted by molar-refractivity contribution is -0.152. The van der Waals surface area contributed by atoms with Gasteiger partial charge in [-0.3, -0.25) is 14.5 Å². The molecule has 3 unspecified atom stereocenters. The molecule has 8 heteroatoms. The predicted molar refractivity (Wildman–Crippen MR) is 254 cm³/mol. The molecule has 3 saturated heterocycles. The number of hydrogen-bond donors (Lipinski definition) is 1. The van der Waals surface area contributed by atoms with Crippen LogP contribution in [-0.4, -0.2) is 103 Å². The van der Waals surface area contributed by atoms with Crippen molar-refractivity contribution in [2.75, 3.05) is 64.4 Å². The number of aromatic hydroxyl groups is 1. The molecular formula is C54H74N4O4. The number of nitrogens with zero attached hydrogens (tertiary/aromatic N) is 4. The Morgan fingerprint density at radius 3 is 2.08 bits per heavy atom. The average Bonchev–Trinajstić information content (AvgIpc) is 3.30. The van der Waals surface area contributed by atoms with Crippen molar-refractivity contribution in [3.8, 4) is 5.75 Å². The van der Waals surface area contributed by atoms with Gasteiger partial charge in [-0.1, -0.05) is 112 Å². The standard InChI is InChI=1S/C22H27NO.C17H26N2O.C15H21NO2/c1-16-21-14-18-8-9-19(24)15-20(18)22(16,2)11-13-23(21)12-10-17-6-4-3-5-7-17;1-3-17(20)19(16-10-6-4-7-11-16)15(2)14-18-12-8-5-9-13-18;1-3-18-14(17)15(9-11-16(2)12-10-15)13-7-5-4-6-8-13/h3-9,15-16,21,24H,10-14H2,1-2H3;4,6-7,10-11,15H,3,5,8-9,12-14H2,1-2H3;4-8H,3,9-12H2,1-2H3/t;15-;/m.1./s1. The molecule has 4 aromatic rings. The van der Waals surface area contributed by atoms with Crippen LogP contribution in [-0.2, 0) is 38.0 Å². The van der Waals surface area contributed by atoms with Gasteiger partial charge in [0.2, 0.25) is 5.91 Å².